The van der Waals surface area contributed by atoms with Crippen molar-refractivity contribution < 1.29 is 9.53 Å². The lowest BCUT2D eigenvalue weighted by Crippen LogP contribution is -2.39. The molecule has 1 amide bonds. The van der Waals surface area contributed by atoms with Crippen LogP contribution in [0.25, 0.3) is 0 Å². The summed E-state index contributed by atoms with van der Waals surface area (Å²) in [5, 5.41) is 2.84. The highest BCUT2D eigenvalue weighted by Gasteiger charge is 2.33. The van der Waals surface area contributed by atoms with E-state index in [1.54, 1.807) is 0 Å². The zero-order chi connectivity index (χ0) is 10.9. The Hall–Kier alpha value is -1.51. The van der Waals surface area contributed by atoms with Gasteiger partial charge in [0.05, 0.1) is 6.04 Å². The lowest BCUT2D eigenvalue weighted by Gasteiger charge is -2.37. The summed E-state index contributed by atoms with van der Waals surface area (Å²) in [7, 11) is 0. The number of nitrogens with one attached hydrogen (secondary N) is 1. The van der Waals surface area contributed by atoms with Crippen LogP contribution in [0.2, 0.25) is 0 Å². The van der Waals surface area contributed by atoms with Crippen molar-refractivity contribution in [3.63, 3.8) is 0 Å². The van der Waals surface area contributed by atoms with Crippen LogP contribution >= 0.6 is 0 Å². The first-order valence-corrected chi connectivity index (χ1v) is 5.10. The average molecular weight is 205 g/mol. The molecule has 3 heteroatoms. The molecule has 0 saturated heterocycles. The number of carbonyl (C=O) groups excluding carboxylic acids is 1. The molecule has 1 atom stereocenters. The monoisotopic (exact) mass is 205 g/mol. The summed E-state index contributed by atoms with van der Waals surface area (Å²) >= 11 is 0. The molecule has 1 aliphatic rings. The second-order valence-electron chi connectivity index (χ2n) is 4.44. The Bertz CT molecular complexity index is 374. The van der Waals surface area contributed by atoms with Gasteiger partial charge in [0.15, 0.2) is 0 Å². The van der Waals surface area contributed by atoms with Gasteiger partial charge in [0.2, 0.25) is 6.41 Å². The highest BCUT2D eigenvalue weighted by atomic mass is 16.5. The predicted molar refractivity (Wildman–Crippen MR) is 57.7 cm³/mol. The molecule has 1 aromatic rings. The number of benzene rings is 1. The second kappa shape index (κ2) is 3.57. The van der Waals surface area contributed by atoms with E-state index >= 15 is 0 Å². The van der Waals surface area contributed by atoms with Gasteiger partial charge in [-0.1, -0.05) is 18.2 Å². The zero-order valence-corrected chi connectivity index (χ0v) is 8.99. The Morgan fingerprint density at radius 2 is 2.20 bits per heavy atom. The van der Waals surface area contributed by atoms with Crippen molar-refractivity contribution in [2.24, 2.45) is 0 Å². The van der Waals surface area contributed by atoms with E-state index < -0.39 is 0 Å². The number of hydrogen-bond acceptors (Lipinski definition) is 2. The summed E-state index contributed by atoms with van der Waals surface area (Å²) in [6.45, 7) is 4.06. The largest absolute Gasteiger partial charge is 0.487 e. The highest BCUT2D eigenvalue weighted by Crippen LogP contribution is 2.38. The topological polar surface area (TPSA) is 38.3 Å². The molecule has 0 fully saturated rings. The molecule has 1 aromatic carbocycles. The number of carbonyl (C=O) groups is 1. The maximum atomic E-state index is 10.5. The Kier molecular flexibility index (Phi) is 2.39. The Morgan fingerprint density at radius 3 is 2.93 bits per heavy atom. The fourth-order valence-corrected chi connectivity index (χ4v) is 2.03. The van der Waals surface area contributed by atoms with E-state index in [0.717, 1.165) is 24.1 Å². The number of para-hydroxylation sites is 1. The summed E-state index contributed by atoms with van der Waals surface area (Å²) in [6, 6.07) is 7.89. The number of hydrogen-bond donors (Lipinski definition) is 1. The van der Waals surface area contributed by atoms with E-state index in [9.17, 15) is 4.79 Å². The lowest BCUT2D eigenvalue weighted by molar-refractivity contribution is -0.110. The lowest BCUT2D eigenvalue weighted by atomic mass is 9.90. The van der Waals surface area contributed by atoms with E-state index in [-0.39, 0.29) is 11.6 Å². The zero-order valence-electron chi connectivity index (χ0n) is 8.99. The van der Waals surface area contributed by atoms with Gasteiger partial charge in [0.1, 0.15) is 11.4 Å². The van der Waals surface area contributed by atoms with Crippen LogP contribution in [0.4, 0.5) is 0 Å². The van der Waals surface area contributed by atoms with E-state index in [1.165, 1.54) is 0 Å². The molecule has 0 aliphatic carbocycles. The van der Waals surface area contributed by atoms with Gasteiger partial charge in [0.25, 0.3) is 0 Å². The van der Waals surface area contributed by atoms with E-state index in [4.69, 9.17) is 4.74 Å². The summed E-state index contributed by atoms with van der Waals surface area (Å²) < 4.78 is 5.84. The molecule has 0 spiro atoms. The third kappa shape index (κ3) is 1.96. The van der Waals surface area contributed by atoms with Crippen LogP contribution in [0, 0.1) is 0 Å². The minimum absolute atomic E-state index is 0.0578. The van der Waals surface area contributed by atoms with Crippen LogP contribution in [0.15, 0.2) is 24.3 Å². The number of amides is 1. The molecule has 0 radical (unpaired) electrons. The van der Waals surface area contributed by atoms with Crippen molar-refractivity contribution in [2.45, 2.75) is 31.9 Å². The first kappa shape index (κ1) is 10.0. The van der Waals surface area contributed by atoms with Crippen LogP contribution in [-0.2, 0) is 4.79 Å². The van der Waals surface area contributed by atoms with Crippen LogP contribution in [0.1, 0.15) is 31.9 Å². The molecule has 2 rings (SSSR count). The van der Waals surface area contributed by atoms with Crippen molar-refractivity contribution in [3.05, 3.63) is 29.8 Å². The number of fused-ring (bicyclic) bond motifs is 1. The number of ether oxygens (including phenoxy) is 1. The molecule has 0 aromatic heterocycles. The minimum Gasteiger partial charge on any atom is -0.487 e. The summed E-state index contributed by atoms with van der Waals surface area (Å²) in [5.41, 5.74) is 0.832. The fourth-order valence-electron chi connectivity index (χ4n) is 2.03. The van der Waals surface area contributed by atoms with Crippen LogP contribution in [0.5, 0.6) is 5.75 Å². The molecular formula is C12H15NO2. The fraction of sp³-hybridized carbons (Fsp3) is 0.417. The van der Waals surface area contributed by atoms with Crippen molar-refractivity contribution >= 4 is 6.41 Å². The van der Waals surface area contributed by atoms with Gasteiger partial charge in [-0.3, -0.25) is 4.79 Å². The van der Waals surface area contributed by atoms with Gasteiger partial charge in [0, 0.05) is 12.0 Å². The molecule has 3 nitrogen and oxygen atoms in total. The molecule has 80 valence electrons. The first-order chi connectivity index (χ1) is 7.12. The van der Waals surface area contributed by atoms with Crippen LogP contribution < -0.4 is 10.1 Å². The molecule has 1 unspecified atom stereocenters. The molecule has 0 saturated carbocycles. The van der Waals surface area contributed by atoms with E-state index in [1.807, 2.05) is 38.1 Å². The minimum atomic E-state index is -0.227. The van der Waals surface area contributed by atoms with Gasteiger partial charge in [-0.25, -0.2) is 0 Å². The quantitative estimate of drug-likeness (QED) is 0.750. The second-order valence-corrected chi connectivity index (χ2v) is 4.44. The Labute approximate surface area is 89.4 Å². The molecule has 15 heavy (non-hydrogen) atoms. The molecule has 1 aliphatic heterocycles. The maximum absolute atomic E-state index is 10.5. The third-order valence-corrected chi connectivity index (χ3v) is 2.65. The maximum Gasteiger partial charge on any atom is 0.207 e. The smallest absolute Gasteiger partial charge is 0.207 e. The average Bonchev–Trinajstić information content (AvgIpc) is 2.16. The van der Waals surface area contributed by atoms with Crippen molar-refractivity contribution in [3.8, 4) is 5.75 Å². The summed E-state index contributed by atoms with van der Waals surface area (Å²) in [6.07, 6.45) is 1.55. The van der Waals surface area contributed by atoms with E-state index in [0.29, 0.717) is 0 Å². The van der Waals surface area contributed by atoms with Gasteiger partial charge < -0.3 is 10.1 Å². The Morgan fingerprint density at radius 1 is 1.47 bits per heavy atom. The molecule has 1 N–H and O–H groups in total. The highest BCUT2D eigenvalue weighted by molar-refractivity contribution is 5.50. The first-order valence-electron chi connectivity index (χ1n) is 5.10. The number of rotatable bonds is 2. The molecule has 0 bridgehead atoms. The molecule has 1 heterocycles. The van der Waals surface area contributed by atoms with Gasteiger partial charge in [-0.05, 0) is 19.9 Å². The summed E-state index contributed by atoms with van der Waals surface area (Å²) in [5.74, 6) is 0.869. The van der Waals surface area contributed by atoms with Crippen molar-refractivity contribution in [2.75, 3.05) is 0 Å². The van der Waals surface area contributed by atoms with Crippen LogP contribution in [0.3, 0.4) is 0 Å². The normalized spacial score (nSPS) is 22.4. The SMILES string of the molecule is CC1(C)CC(NC=O)c2ccccc2O1. The van der Waals surface area contributed by atoms with Crippen molar-refractivity contribution in [1.82, 2.24) is 5.32 Å². The van der Waals surface area contributed by atoms with Gasteiger partial charge in [-0.2, -0.15) is 0 Å². The Balaban J connectivity index is 2.38. The van der Waals surface area contributed by atoms with Crippen LogP contribution in [-0.4, -0.2) is 12.0 Å². The standard InChI is InChI=1S/C12H15NO2/c1-12(2)7-10(13-8-14)9-5-3-4-6-11(9)15-12/h3-6,8,10H,7H2,1-2H3,(H,13,14). The third-order valence-electron chi connectivity index (χ3n) is 2.65. The van der Waals surface area contributed by atoms with Crippen molar-refractivity contribution in [1.29, 1.82) is 0 Å². The van der Waals surface area contributed by atoms with Gasteiger partial charge in [-0.15, -0.1) is 0 Å². The van der Waals surface area contributed by atoms with Gasteiger partial charge >= 0.3 is 0 Å². The summed E-state index contributed by atoms with van der Waals surface area (Å²) in [4.78, 5) is 10.5. The molecular weight excluding hydrogens is 190 g/mol. The predicted octanol–water partition coefficient (Wildman–Crippen LogP) is 2.03. The van der Waals surface area contributed by atoms with E-state index in [2.05, 4.69) is 5.32 Å².